The summed E-state index contributed by atoms with van der Waals surface area (Å²) in [5.74, 6) is -2.89. The highest BCUT2D eigenvalue weighted by Crippen LogP contribution is 2.28. The van der Waals surface area contributed by atoms with E-state index < -0.39 is 35.5 Å². The fourth-order valence-electron chi connectivity index (χ4n) is 1.82. The Labute approximate surface area is 107 Å². The van der Waals surface area contributed by atoms with E-state index in [-0.39, 0.29) is 6.42 Å². The first-order valence-electron chi connectivity index (χ1n) is 5.64. The molecular formula is C12H22O6. The zero-order chi connectivity index (χ0) is 14.5. The first-order valence-corrected chi connectivity index (χ1v) is 5.64. The van der Waals surface area contributed by atoms with Gasteiger partial charge in [-0.1, -0.05) is 20.8 Å². The summed E-state index contributed by atoms with van der Waals surface area (Å²) in [6.45, 7) is 5.00. The molecule has 0 saturated heterocycles. The van der Waals surface area contributed by atoms with Crippen LogP contribution in [-0.2, 0) is 19.1 Å². The van der Waals surface area contributed by atoms with E-state index >= 15 is 0 Å². The molecule has 0 saturated carbocycles. The molecule has 0 spiro atoms. The van der Waals surface area contributed by atoms with Crippen LogP contribution in [0.25, 0.3) is 0 Å². The van der Waals surface area contributed by atoms with Crippen LogP contribution in [0.3, 0.4) is 0 Å². The van der Waals surface area contributed by atoms with E-state index in [1.54, 1.807) is 20.8 Å². The van der Waals surface area contributed by atoms with Crippen LogP contribution in [-0.4, -0.2) is 48.6 Å². The maximum Gasteiger partial charge on any atom is 0.314 e. The zero-order valence-corrected chi connectivity index (χ0v) is 11.5. The third-order valence-electron chi connectivity index (χ3n) is 2.62. The molecule has 0 aromatic carbocycles. The third-order valence-corrected chi connectivity index (χ3v) is 2.62. The lowest BCUT2D eigenvalue weighted by atomic mass is 9.77. The van der Waals surface area contributed by atoms with Crippen LogP contribution in [0.2, 0.25) is 0 Å². The van der Waals surface area contributed by atoms with E-state index in [1.165, 1.54) is 14.2 Å². The first-order chi connectivity index (χ1) is 8.15. The van der Waals surface area contributed by atoms with Gasteiger partial charge in [0.25, 0.3) is 0 Å². The number of carbonyl (C=O) groups is 2. The fourth-order valence-corrected chi connectivity index (χ4v) is 1.82. The van der Waals surface area contributed by atoms with Crippen LogP contribution >= 0.6 is 0 Å². The number of ether oxygens (including phenoxy) is 2. The summed E-state index contributed by atoms with van der Waals surface area (Å²) in [6, 6.07) is 0. The van der Waals surface area contributed by atoms with Gasteiger partial charge in [-0.25, -0.2) is 0 Å². The predicted molar refractivity (Wildman–Crippen MR) is 64.0 cm³/mol. The second-order valence-electron chi connectivity index (χ2n) is 5.21. The van der Waals surface area contributed by atoms with Crippen molar-refractivity contribution < 1.29 is 29.3 Å². The molecule has 0 radical (unpaired) electrons. The molecule has 0 aromatic heterocycles. The number of carboxylic acids is 1. The van der Waals surface area contributed by atoms with Crippen LogP contribution in [0.1, 0.15) is 27.2 Å². The predicted octanol–water partition coefficient (Wildman–Crippen LogP) is 0.672. The Hall–Kier alpha value is -0.980. The lowest BCUT2D eigenvalue weighted by molar-refractivity contribution is -0.171. The fraction of sp³-hybridized carbons (Fsp3) is 0.833. The van der Waals surface area contributed by atoms with Gasteiger partial charge in [0.2, 0.25) is 0 Å². The molecule has 0 fully saturated rings. The van der Waals surface area contributed by atoms with Crippen molar-refractivity contribution in [3.05, 3.63) is 0 Å². The van der Waals surface area contributed by atoms with Crippen molar-refractivity contribution in [2.75, 3.05) is 14.2 Å². The topological polar surface area (TPSA) is 93.1 Å². The lowest BCUT2D eigenvalue weighted by Gasteiger charge is -2.27. The summed E-state index contributed by atoms with van der Waals surface area (Å²) in [7, 11) is 2.67. The Bertz CT molecular complexity index is 289. The number of aliphatic hydroxyl groups is 1. The molecule has 0 aliphatic heterocycles. The number of carboxylic acid groups (broad SMARTS) is 1. The standard InChI is InChI=1S/C12H22O6/c1-12(2,3)9(10(15)16)7(13)6-8(14)11(17-4)18-5/h8-9,11,14H,6H2,1-5H3,(H,15,16). The molecule has 0 aliphatic rings. The number of hydrogen-bond donors (Lipinski definition) is 2. The van der Waals surface area contributed by atoms with Gasteiger partial charge < -0.3 is 19.7 Å². The van der Waals surface area contributed by atoms with Crippen LogP contribution in [0, 0.1) is 11.3 Å². The maximum absolute atomic E-state index is 11.9. The van der Waals surface area contributed by atoms with E-state index in [0.717, 1.165) is 0 Å². The van der Waals surface area contributed by atoms with Crippen molar-refractivity contribution in [1.82, 2.24) is 0 Å². The molecule has 6 nitrogen and oxygen atoms in total. The van der Waals surface area contributed by atoms with Crippen LogP contribution in [0.5, 0.6) is 0 Å². The van der Waals surface area contributed by atoms with Crippen molar-refractivity contribution in [1.29, 1.82) is 0 Å². The molecule has 18 heavy (non-hydrogen) atoms. The number of aliphatic hydroxyl groups excluding tert-OH is 1. The van der Waals surface area contributed by atoms with E-state index in [2.05, 4.69) is 0 Å². The van der Waals surface area contributed by atoms with E-state index in [4.69, 9.17) is 14.6 Å². The van der Waals surface area contributed by atoms with Crippen molar-refractivity contribution in [3.63, 3.8) is 0 Å². The second kappa shape index (κ2) is 6.82. The highest BCUT2D eigenvalue weighted by Gasteiger charge is 2.38. The quantitative estimate of drug-likeness (QED) is 0.517. The van der Waals surface area contributed by atoms with E-state index in [9.17, 15) is 14.7 Å². The third kappa shape index (κ3) is 4.72. The summed E-state index contributed by atoms with van der Waals surface area (Å²) in [4.78, 5) is 23.0. The largest absolute Gasteiger partial charge is 0.481 e. The van der Waals surface area contributed by atoms with Gasteiger partial charge in [0.05, 0.1) is 0 Å². The van der Waals surface area contributed by atoms with Crippen molar-refractivity contribution in [2.24, 2.45) is 11.3 Å². The van der Waals surface area contributed by atoms with Crippen LogP contribution in [0.15, 0.2) is 0 Å². The summed E-state index contributed by atoms with van der Waals surface area (Å²) >= 11 is 0. The number of methoxy groups -OCH3 is 2. The molecule has 2 N–H and O–H groups in total. The molecule has 0 aromatic rings. The molecule has 0 aliphatic carbocycles. The normalized spacial score (nSPS) is 15.5. The molecule has 0 heterocycles. The molecular weight excluding hydrogens is 240 g/mol. The Kier molecular flexibility index (Phi) is 6.45. The number of Topliss-reactive ketones (excluding diaryl/α,β-unsaturated/α-hetero) is 1. The van der Waals surface area contributed by atoms with Crippen LogP contribution in [0.4, 0.5) is 0 Å². The van der Waals surface area contributed by atoms with Gasteiger partial charge in [-0.2, -0.15) is 0 Å². The smallest absolute Gasteiger partial charge is 0.314 e. The van der Waals surface area contributed by atoms with Gasteiger partial charge in [-0.15, -0.1) is 0 Å². The molecule has 2 unspecified atom stereocenters. The summed E-state index contributed by atoms with van der Waals surface area (Å²) in [6.07, 6.45) is -2.44. The minimum absolute atomic E-state index is 0.319. The summed E-state index contributed by atoms with van der Waals surface area (Å²) in [5, 5.41) is 18.8. The molecule has 106 valence electrons. The monoisotopic (exact) mass is 262 g/mol. The molecule has 0 bridgehead atoms. The summed E-state index contributed by atoms with van der Waals surface area (Å²) in [5.41, 5.74) is -0.710. The molecule has 2 atom stereocenters. The second-order valence-corrected chi connectivity index (χ2v) is 5.21. The lowest BCUT2D eigenvalue weighted by Crippen LogP contribution is -2.40. The Morgan fingerprint density at radius 3 is 1.89 bits per heavy atom. The molecule has 6 heteroatoms. The van der Waals surface area contributed by atoms with Crippen molar-refractivity contribution in [2.45, 2.75) is 39.6 Å². The number of rotatable bonds is 7. The summed E-state index contributed by atoms with van der Waals surface area (Å²) < 4.78 is 9.63. The number of aliphatic carboxylic acids is 1. The van der Waals surface area contributed by atoms with E-state index in [1.807, 2.05) is 0 Å². The highest BCUT2D eigenvalue weighted by molar-refractivity contribution is 5.99. The molecule has 0 amide bonds. The number of hydrogen-bond acceptors (Lipinski definition) is 5. The SMILES string of the molecule is COC(OC)C(O)CC(=O)C(C(=O)O)C(C)(C)C. The van der Waals surface area contributed by atoms with Gasteiger partial charge in [-0.05, 0) is 5.41 Å². The average Bonchev–Trinajstić information content (AvgIpc) is 2.15. The van der Waals surface area contributed by atoms with Crippen molar-refractivity contribution in [3.8, 4) is 0 Å². The van der Waals surface area contributed by atoms with Gasteiger partial charge >= 0.3 is 5.97 Å². The van der Waals surface area contributed by atoms with Gasteiger partial charge in [0.15, 0.2) is 6.29 Å². The van der Waals surface area contributed by atoms with Gasteiger partial charge in [0, 0.05) is 20.6 Å². The number of carbonyl (C=O) groups excluding carboxylic acids is 1. The highest BCUT2D eigenvalue weighted by atomic mass is 16.7. The Morgan fingerprint density at radius 1 is 1.17 bits per heavy atom. The minimum atomic E-state index is -1.19. The number of ketones is 1. The molecule has 0 rings (SSSR count). The Balaban J connectivity index is 4.77. The van der Waals surface area contributed by atoms with Crippen LogP contribution < -0.4 is 0 Å². The average molecular weight is 262 g/mol. The minimum Gasteiger partial charge on any atom is -0.481 e. The van der Waals surface area contributed by atoms with Crippen molar-refractivity contribution >= 4 is 11.8 Å². The maximum atomic E-state index is 11.9. The van der Waals surface area contributed by atoms with Gasteiger partial charge in [0.1, 0.15) is 17.8 Å². The van der Waals surface area contributed by atoms with Gasteiger partial charge in [-0.3, -0.25) is 9.59 Å². The first kappa shape index (κ1) is 17.0. The Morgan fingerprint density at radius 2 is 1.61 bits per heavy atom. The zero-order valence-electron chi connectivity index (χ0n) is 11.5. The van der Waals surface area contributed by atoms with E-state index in [0.29, 0.717) is 0 Å².